The van der Waals surface area contributed by atoms with Crippen molar-refractivity contribution in [2.75, 3.05) is 13.7 Å². The number of likely N-dealkylation sites (tertiary alicyclic amines) is 1. The number of alkyl carbamates (subject to hydrolysis) is 1. The zero-order valence-electron chi connectivity index (χ0n) is 19.4. The molecule has 8 nitrogen and oxygen atoms in total. The predicted molar refractivity (Wildman–Crippen MR) is 120 cm³/mol. The van der Waals surface area contributed by atoms with Gasteiger partial charge in [0.2, 0.25) is 5.91 Å². The first-order valence-corrected chi connectivity index (χ1v) is 11.3. The van der Waals surface area contributed by atoms with Gasteiger partial charge in [-0.1, -0.05) is 30.3 Å². The average Bonchev–Trinajstić information content (AvgIpc) is 3.11. The van der Waals surface area contributed by atoms with Crippen LogP contribution in [-0.4, -0.2) is 60.2 Å². The maximum Gasteiger partial charge on any atom is 0.408 e. The standard InChI is InChI=1S/C24H35N3O5/c1-24(2,3)26-17-10-11-20(18(14-17)22(29)31-4)27-13-12-19(21(27)28)25-23(30)32-15-16-8-6-5-7-9-16/h5-9,17-20,26H,10-15H2,1-4H3,(H,25,30). The largest absolute Gasteiger partial charge is 0.469 e. The quantitative estimate of drug-likeness (QED) is 0.654. The molecule has 0 radical (unpaired) electrons. The van der Waals surface area contributed by atoms with Crippen LogP contribution in [0.15, 0.2) is 30.3 Å². The SMILES string of the molecule is COC(=O)C1CC(NC(C)(C)C)CCC1N1CCC(NC(=O)OCc2ccccc2)C1=O. The van der Waals surface area contributed by atoms with Crippen molar-refractivity contribution in [3.63, 3.8) is 0 Å². The second-order valence-electron chi connectivity index (χ2n) is 9.68. The van der Waals surface area contributed by atoms with Gasteiger partial charge in [0.05, 0.1) is 13.0 Å². The van der Waals surface area contributed by atoms with E-state index >= 15 is 0 Å². The molecule has 176 valence electrons. The van der Waals surface area contributed by atoms with Gasteiger partial charge in [-0.25, -0.2) is 4.79 Å². The summed E-state index contributed by atoms with van der Waals surface area (Å²) in [6.07, 6.45) is 2.08. The fourth-order valence-electron chi connectivity index (χ4n) is 4.75. The van der Waals surface area contributed by atoms with Crippen molar-refractivity contribution in [2.45, 2.75) is 76.7 Å². The molecule has 0 spiro atoms. The van der Waals surface area contributed by atoms with Crippen molar-refractivity contribution in [3.05, 3.63) is 35.9 Å². The fourth-order valence-corrected chi connectivity index (χ4v) is 4.75. The number of benzene rings is 1. The van der Waals surface area contributed by atoms with Crippen LogP contribution in [0.3, 0.4) is 0 Å². The maximum absolute atomic E-state index is 13.1. The minimum absolute atomic E-state index is 0.0588. The molecule has 0 aromatic heterocycles. The van der Waals surface area contributed by atoms with Gasteiger partial charge in [0.15, 0.2) is 0 Å². The Hall–Kier alpha value is -2.61. The summed E-state index contributed by atoms with van der Waals surface area (Å²) >= 11 is 0. The number of amides is 2. The van der Waals surface area contributed by atoms with E-state index in [0.717, 1.165) is 12.0 Å². The summed E-state index contributed by atoms with van der Waals surface area (Å²) in [7, 11) is 1.39. The molecule has 4 unspecified atom stereocenters. The van der Waals surface area contributed by atoms with Crippen molar-refractivity contribution >= 4 is 18.0 Å². The highest BCUT2D eigenvalue weighted by molar-refractivity contribution is 5.88. The third kappa shape index (κ3) is 6.22. The molecule has 1 aromatic rings. The summed E-state index contributed by atoms with van der Waals surface area (Å²) in [5.41, 5.74) is 0.820. The minimum Gasteiger partial charge on any atom is -0.469 e. The topological polar surface area (TPSA) is 97.0 Å². The number of hydrogen-bond donors (Lipinski definition) is 2. The van der Waals surface area contributed by atoms with Gasteiger partial charge in [-0.15, -0.1) is 0 Å². The van der Waals surface area contributed by atoms with Crippen LogP contribution < -0.4 is 10.6 Å². The maximum atomic E-state index is 13.1. The van der Waals surface area contributed by atoms with Crippen molar-refractivity contribution in [1.82, 2.24) is 15.5 Å². The first-order chi connectivity index (χ1) is 15.2. The van der Waals surface area contributed by atoms with Crippen LogP contribution in [0.25, 0.3) is 0 Å². The lowest BCUT2D eigenvalue weighted by Gasteiger charge is -2.41. The van der Waals surface area contributed by atoms with E-state index in [9.17, 15) is 14.4 Å². The summed E-state index contributed by atoms with van der Waals surface area (Å²) in [5, 5.41) is 6.25. The van der Waals surface area contributed by atoms with Gasteiger partial charge in [0.25, 0.3) is 0 Å². The highest BCUT2D eigenvalue weighted by Crippen LogP contribution is 2.33. The molecule has 8 heteroatoms. The van der Waals surface area contributed by atoms with Crippen LogP contribution in [-0.2, 0) is 25.7 Å². The molecule has 0 bridgehead atoms. The molecule has 4 atom stereocenters. The highest BCUT2D eigenvalue weighted by Gasteiger charge is 2.45. The average molecular weight is 446 g/mol. The van der Waals surface area contributed by atoms with Crippen LogP contribution in [0.2, 0.25) is 0 Å². The van der Waals surface area contributed by atoms with Crippen LogP contribution in [0.5, 0.6) is 0 Å². The molecule has 1 heterocycles. The molecule has 2 amide bonds. The zero-order chi connectivity index (χ0) is 23.3. The second-order valence-corrected chi connectivity index (χ2v) is 9.68. The summed E-state index contributed by atoms with van der Waals surface area (Å²) in [4.78, 5) is 39.6. The smallest absolute Gasteiger partial charge is 0.408 e. The first-order valence-electron chi connectivity index (χ1n) is 11.3. The Morgan fingerprint density at radius 2 is 1.84 bits per heavy atom. The molecule has 1 saturated heterocycles. The Morgan fingerprint density at radius 1 is 1.12 bits per heavy atom. The number of nitrogens with zero attached hydrogens (tertiary/aromatic N) is 1. The molecule has 1 aliphatic heterocycles. The number of carbonyl (C=O) groups is 3. The Balaban J connectivity index is 1.58. The van der Waals surface area contributed by atoms with Crippen molar-refractivity contribution in [3.8, 4) is 0 Å². The van der Waals surface area contributed by atoms with Gasteiger partial charge < -0.3 is 25.0 Å². The number of methoxy groups -OCH3 is 1. The zero-order valence-corrected chi connectivity index (χ0v) is 19.4. The van der Waals surface area contributed by atoms with Crippen molar-refractivity contribution < 1.29 is 23.9 Å². The summed E-state index contributed by atoms with van der Waals surface area (Å²) < 4.78 is 10.3. The highest BCUT2D eigenvalue weighted by atomic mass is 16.5. The second kappa shape index (κ2) is 10.3. The molecule has 1 aliphatic carbocycles. The molecular weight excluding hydrogens is 410 g/mol. The normalized spacial score (nSPS) is 26.0. The number of ether oxygens (including phenoxy) is 2. The lowest BCUT2D eigenvalue weighted by Crippen LogP contribution is -2.55. The fraction of sp³-hybridized carbons (Fsp3) is 0.625. The molecule has 1 aromatic carbocycles. The predicted octanol–water partition coefficient (Wildman–Crippen LogP) is 2.61. The van der Waals surface area contributed by atoms with Crippen LogP contribution >= 0.6 is 0 Å². The monoisotopic (exact) mass is 445 g/mol. The molecule has 32 heavy (non-hydrogen) atoms. The van der Waals surface area contributed by atoms with E-state index in [2.05, 4.69) is 31.4 Å². The van der Waals surface area contributed by atoms with E-state index in [-0.39, 0.29) is 42.0 Å². The number of carbonyl (C=O) groups excluding carboxylic acids is 3. The van der Waals surface area contributed by atoms with Crippen LogP contribution in [0, 0.1) is 5.92 Å². The summed E-state index contributed by atoms with van der Waals surface area (Å²) in [6, 6.07) is 8.71. The minimum atomic E-state index is -0.637. The Kier molecular flexibility index (Phi) is 7.77. The van der Waals surface area contributed by atoms with Gasteiger partial charge in [0, 0.05) is 24.2 Å². The molecule has 1 saturated carbocycles. The Morgan fingerprint density at radius 3 is 2.50 bits per heavy atom. The number of hydrogen-bond acceptors (Lipinski definition) is 6. The van der Waals surface area contributed by atoms with Crippen LogP contribution in [0.1, 0.15) is 52.0 Å². The number of esters is 1. The van der Waals surface area contributed by atoms with E-state index in [4.69, 9.17) is 9.47 Å². The van der Waals surface area contributed by atoms with E-state index in [1.807, 2.05) is 30.3 Å². The van der Waals surface area contributed by atoms with Crippen molar-refractivity contribution in [1.29, 1.82) is 0 Å². The Labute approximate surface area is 190 Å². The van der Waals surface area contributed by atoms with Gasteiger partial charge >= 0.3 is 12.1 Å². The van der Waals surface area contributed by atoms with Crippen molar-refractivity contribution in [2.24, 2.45) is 5.92 Å². The first kappa shape index (κ1) is 24.0. The molecule has 2 N–H and O–H groups in total. The third-order valence-corrected chi connectivity index (χ3v) is 6.10. The van der Waals surface area contributed by atoms with Gasteiger partial charge in [-0.2, -0.15) is 0 Å². The third-order valence-electron chi connectivity index (χ3n) is 6.10. The van der Waals surface area contributed by atoms with Gasteiger partial charge in [0.1, 0.15) is 12.6 Å². The van der Waals surface area contributed by atoms with E-state index < -0.39 is 12.1 Å². The summed E-state index contributed by atoms with van der Waals surface area (Å²) in [6.45, 7) is 6.95. The number of rotatable bonds is 6. The van der Waals surface area contributed by atoms with E-state index in [1.54, 1.807) is 4.90 Å². The molecular formula is C24H35N3O5. The van der Waals surface area contributed by atoms with Gasteiger partial charge in [-0.05, 0) is 52.0 Å². The Bertz CT molecular complexity index is 808. The van der Waals surface area contributed by atoms with Gasteiger partial charge in [-0.3, -0.25) is 9.59 Å². The molecule has 2 aliphatic rings. The molecule has 3 rings (SSSR count). The van der Waals surface area contributed by atoms with E-state index in [0.29, 0.717) is 25.8 Å². The molecule has 2 fully saturated rings. The number of nitrogens with one attached hydrogen (secondary N) is 2. The lowest BCUT2D eigenvalue weighted by molar-refractivity contribution is -0.151. The lowest BCUT2D eigenvalue weighted by atomic mass is 9.80. The van der Waals surface area contributed by atoms with Crippen LogP contribution in [0.4, 0.5) is 4.79 Å². The van der Waals surface area contributed by atoms with E-state index in [1.165, 1.54) is 7.11 Å². The summed E-state index contributed by atoms with van der Waals surface area (Å²) in [5.74, 6) is -0.842.